The van der Waals surface area contributed by atoms with Crippen LogP contribution in [0.25, 0.3) is 0 Å². The fraction of sp³-hybridized carbons (Fsp3) is 0.545. The van der Waals surface area contributed by atoms with E-state index in [0.717, 1.165) is 0 Å². The molecule has 0 radical (unpaired) electrons. The molecule has 1 aromatic rings. The van der Waals surface area contributed by atoms with E-state index in [1.165, 1.54) is 36.0 Å². The van der Waals surface area contributed by atoms with Crippen LogP contribution in [-0.2, 0) is 19.1 Å². The van der Waals surface area contributed by atoms with Crippen LogP contribution in [-0.4, -0.2) is 74.9 Å². The van der Waals surface area contributed by atoms with Crippen molar-refractivity contribution in [1.29, 1.82) is 0 Å². The second kappa shape index (κ2) is 13.8. The predicted molar refractivity (Wildman–Crippen MR) is 124 cm³/mol. The first-order valence-electron chi connectivity index (χ1n) is 10.4. The fourth-order valence-electron chi connectivity index (χ4n) is 2.50. The lowest BCUT2D eigenvalue weighted by Gasteiger charge is -2.24. The van der Waals surface area contributed by atoms with E-state index in [-0.39, 0.29) is 37.3 Å². The van der Waals surface area contributed by atoms with E-state index < -0.39 is 35.6 Å². The summed E-state index contributed by atoms with van der Waals surface area (Å²) in [5, 5.41) is 32.1. The molecule has 0 saturated heterocycles. The van der Waals surface area contributed by atoms with Crippen molar-refractivity contribution in [2.24, 2.45) is 0 Å². The number of ether oxygens (including phenoxy) is 1. The van der Waals surface area contributed by atoms with Gasteiger partial charge < -0.3 is 30.7 Å². The van der Waals surface area contributed by atoms with Crippen molar-refractivity contribution in [3.8, 4) is 0 Å². The second-order valence-electron chi connectivity index (χ2n) is 8.28. The molecule has 0 heterocycles. The molecule has 0 aromatic heterocycles. The van der Waals surface area contributed by atoms with Crippen molar-refractivity contribution >= 4 is 41.2 Å². The van der Waals surface area contributed by atoms with E-state index in [4.69, 9.17) is 14.9 Å². The Balaban J connectivity index is 2.65. The van der Waals surface area contributed by atoms with Gasteiger partial charge >= 0.3 is 11.9 Å². The van der Waals surface area contributed by atoms with Crippen LogP contribution in [0.1, 0.15) is 50.4 Å². The minimum absolute atomic E-state index is 0.114. The smallest absolute Gasteiger partial charge is 0.329 e. The zero-order chi connectivity index (χ0) is 25.0. The third-order valence-electron chi connectivity index (χ3n) is 4.07. The van der Waals surface area contributed by atoms with Gasteiger partial charge in [-0.2, -0.15) is 11.8 Å². The van der Waals surface area contributed by atoms with Crippen LogP contribution in [0.2, 0.25) is 0 Å². The molecule has 2 amide bonds. The predicted octanol–water partition coefficient (Wildman–Crippen LogP) is 1.41. The van der Waals surface area contributed by atoms with Crippen LogP contribution in [0.4, 0.5) is 5.69 Å². The average Bonchev–Trinajstić information content (AvgIpc) is 2.72. The number of hydrogen-bond donors (Lipinski definition) is 5. The van der Waals surface area contributed by atoms with Crippen LogP contribution < -0.4 is 10.6 Å². The van der Waals surface area contributed by atoms with Gasteiger partial charge in [0.25, 0.3) is 5.91 Å². The van der Waals surface area contributed by atoms with Gasteiger partial charge in [-0.15, -0.1) is 0 Å². The maximum atomic E-state index is 12.6. The Morgan fingerprint density at radius 3 is 2.27 bits per heavy atom. The number of rotatable bonds is 13. The van der Waals surface area contributed by atoms with Crippen LogP contribution in [0, 0.1) is 0 Å². The van der Waals surface area contributed by atoms with Crippen molar-refractivity contribution < 1.29 is 39.2 Å². The number of anilines is 1. The fourth-order valence-corrected chi connectivity index (χ4v) is 3.37. The minimum Gasteiger partial charge on any atom is -0.481 e. The Kier molecular flexibility index (Phi) is 11.9. The number of esters is 1. The van der Waals surface area contributed by atoms with Gasteiger partial charge in [-0.05, 0) is 51.5 Å². The number of aliphatic hydroxyl groups excluding tert-OH is 2. The van der Waals surface area contributed by atoms with Crippen molar-refractivity contribution in [1.82, 2.24) is 5.32 Å². The maximum absolute atomic E-state index is 12.6. The zero-order valence-electron chi connectivity index (χ0n) is 19.0. The highest BCUT2D eigenvalue weighted by molar-refractivity contribution is 7.99. The van der Waals surface area contributed by atoms with Gasteiger partial charge in [-0.1, -0.05) is 0 Å². The lowest BCUT2D eigenvalue weighted by atomic mass is 10.1. The molecule has 0 fully saturated rings. The summed E-state index contributed by atoms with van der Waals surface area (Å²) in [6.45, 7) is 4.69. The third kappa shape index (κ3) is 12.3. The topological polar surface area (TPSA) is 162 Å². The Hall–Kier alpha value is -2.63. The molecule has 0 aliphatic rings. The Morgan fingerprint density at radius 1 is 1.09 bits per heavy atom. The first-order chi connectivity index (χ1) is 15.4. The molecule has 10 nitrogen and oxygen atoms in total. The highest BCUT2D eigenvalue weighted by atomic mass is 32.2. The van der Waals surface area contributed by atoms with Crippen molar-refractivity contribution in [2.75, 3.05) is 23.4 Å². The summed E-state index contributed by atoms with van der Waals surface area (Å²) < 4.78 is 5.27. The van der Waals surface area contributed by atoms with Crippen LogP contribution in [0.15, 0.2) is 24.3 Å². The van der Waals surface area contributed by atoms with Crippen molar-refractivity contribution in [3.05, 3.63) is 29.8 Å². The van der Waals surface area contributed by atoms with Gasteiger partial charge in [0.05, 0.1) is 12.7 Å². The SMILES string of the molecule is CC(C)(C)OC(=O)[C@H](CCC(=O)O)NC(=O)c1ccc(NC(=O)CCSCC(O)CO)cc1. The lowest BCUT2D eigenvalue weighted by molar-refractivity contribution is -0.157. The molecule has 1 aromatic carbocycles. The van der Waals surface area contributed by atoms with Crippen molar-refractivity contribution in [2.45, 2.75) is 57.8 Å². The van der Waals surface area contributed by atoms with Gasteiger partial charge in [0.15, 0.2) is 0 Å². The molecule has 0 bridgehead atoms. The number of amides is 2. The number of carbonyl (C=O) groups is 4. The molecule has 33 heavy (non-hydrogen) atoms. The molecule has 184 valence electrons. The molecular weight excluding hydrogens is 452 g/mol. The number of carboxylic acid groups (broad SMARTS) is 1. The van der Waals surface area contributed by atoms with E-state index >= 15 is 0 Å². The summed E-state index contributed by atoms with van der Waals surface area (Å²) in [5.41, 5.74) is -0.0859. The maximum Gasteiger partial charge on any atom is 0.329 e. The van der Waals surface area contributed by atoms with E-state index in [1.807, 2.05) is 0 Å². The number of hydrogen-bond acceptors (Lipinski definition) is 8. The first-order valence-corrected chi connectivity index (χ1v) is 11.6. The van der Waals surface area contributed by atoms with E-state index in [9.17, 15) is 24.3 Å². The Labute approximate surface area is 197 Å². The van der Waals surface area contributed by atoms with E-state index in [2.05, 4.69) is 10.6 Å². The van der Waals surface area contributed by atoms with E-state index in [1.54, 1.807) is 20.8 Å². The molecule has 0 saturated carbocycles. The molecular formula is C22H32N2O8S. The molecule has 0 aliphatic carbocycles. The minimum atomic E-state index is -1.12. The summed E-state index contributed by atoms with van der Waals surface area (Å²) >= 11 is 1.35. The highest BCUT2D eigenvalue weighted by Gasteiger charge is 2.27. The molecule has 1 rings (SSSR count). The first kappa shape index (κ1) is 28.4. The molecule has 0 aliphatic heterocycles. The van der Waals surface area contributed by atoms with Crippen LogP contribution in [0.3, 0.4) is 0 Å². The average molecular weight is 485 g/mol. The normalized spacial score (nSPS) is 13.0. The summed E-state index contributed by atoms with van der Waals surface area (Å²) in [6, 6.07) is 4.90. The lowest BCUT2D eigenvalue weighted by Crippen LogP contribution is -2.44. The summed E-state index contributed by atoms with van der Waals surface area (Å²) in [4.78, 5) is 47.8. The Bertz CT molecular complexity index is 808. The zero-order valence-corrected chi connectivity index (χ0v) is 19.8. The quantitative estimate of drug-likeness (QED) is 0.206. The number of carboxylic acids is 1. The number of aliphatic hydroxyl groups is 2. The van der Waals surface area contributed by atoms with Gasteiger partial charge in [-0.3, -0.25) is 14.4 Å². The number of carbonyl (C=O) groups excluding carboxylic acids is 3. The number of thioether (sulfide) groups is 1. The van der Waals surface area contributed by atoms with Gasteiger partial charge in [0, 0.05) is 35.6 Å². The molecule has 1 unspecified atom stereocenters. The number of aliphatic carboxylic acids is 1. The third-order valence-corrected chi connectivity index (χ3v) is 5.18. The second-order valence-corrected chi connectivity index (χ2v) is 9.43. The van der Waals surface area contributed by atoms with Gasteiger partial charge in [0.2, 0.25) is 5.91 Å². The van der Waals surface area contributed by atoms with Gasteiger partial charge in [0.1, 0.15) is 11.6 Å². The van der Waals surface area contributed by atoms with E-state index in [0.29, 0.717) is 17.2 Å². The molecule has 11 heteroatoms. The van der Waals surface area contributed by atoms with Crippen molar-refractivity contribution in [3.63, 3.8) is 0 Å². The largest absolute Gasteiger partial charge is 0.481 e. The standard InChI is InChI=1S/C22H32N2O8S/c1-22(2,3)32-21(31)17(8-9-19(28)29)24-20(30)14-4-6-15(7-5-14)23-18(27)10-11-33-13-16(26)12-25/h4-7,16-17,25-26H,8-13H2,1-3H3,(H,23,27)(H,24,30)(H,28,29)/t16?,17-/m0/s1. The number of benzene rings is 1. The monoisotopic (exact) mass is 484 g/mol. The molecule has 0 spiro atoms. The highest BCUT2D eigenvalue weighted by Crippen LogP contribution is 2.14. The van der Waals surface area contributed by atoms with Crippen LogP contribution >= 0.6 is 11.8 Å². The van der Waals surface area contributed by atoms with Crippen LogP contribution in [0.5, 0.6) is 0 Å². The summed E-state index contributed by atoms with van der Waals surface area (Å²) in [7, 11) is 0. The summed E-state index contributed by atoms with van der Waals surface area (Å²) in [6.07, 6.45) is -1.02. The Morgan fingerprint density at radius 2 is 1.73 bits per heavy atom. The molecule has 5 N–H and O–H groups in total. The molecule has 2 atom stereocenters. The van der Waals surface area contributed by atoms with Gasteiger partial charge in [-0.25, -0.2) is 4.79 Å². The summed E-state index contributed by atoms with van der Waals surface area (Å²) in [5.74, 6) is -1.81. The number of nitrogens with one attached hydrogen (secondary N) is 2.